The molecule has 0 unspecified atom stereocenters. The third-order valence-electron chi connectivity index (χ3n) is 2.76. The maximum absolute atomic E-state index is 9.30. The predicted molar refractivity (Wildman–Crippen MR) is 73.7 cm³/mol. The van der Waals surface area contributed by atoms with Gasteiger partial charge in [-0.2, -0.15) is 5.26 Å². The number of ether oxygens (including phenoxy) is 2. The first-order valence-electron chi connectivity index (χ1n) is 5.76. The van der Waals surface area contributed by atoms with Crippen molar-refractivity contribution in [1.82, 2.24) is 0 Å². The standard InChI is InChI=1S/C15H14N2O2/c1-18-14-7-3-12(4-8-14)17(11-16)13-5-9-15(19-2)10-6-13/h3-10H,1-2H3. The number of anilines is 2. The highest BCUT2D eigenvalue weighted by atomic mass is 16.5. The van der Waals surface area contributed by atoms with Crippen molar-refractivity contribution in [2.75, 3.05) is 19.1 Å². The van der Waals surface area contributed by atoms with Crippen molar-refractivity contribution in [3.8, 4) is 17.7 Å². The molecule has 0 aliphatic rings. The van der Waals surface area contributed by atoms with Crippen LogP contribution < -0.4 is 14.4 Å². The van der Waals surface area contributed by atoms with Gasteiger partial charge in [0.1, 0.15) is 11.5 Å². The molecule has 0 aliphatic heterocycles. The molecular weight excluding hydrogens is 240 g/mol. The average molecular weight is 254 g/mol. The summed E-state index contributed by atoms with van der Waals surface area (Å²) in [5, 5.41) is 9.30. The minimum Gasteiger partial charge on any atom is -0.497 e. The van der Waals surface area contributed by atoms with Crippen molar-refractivity contribution in [3.63, 3.8) is 0 Å². The van der Waals surface area contributed by atoms with E-state index in [1.54, 1.807) is 19.1 Å². The number of hydrogen-bond acceptors (Lipinski definition) is 4. The third kappa shape index (κ3) is 2.78. The Morgan fingerprint density at radius 2 is 1.16 bits per heavy atom. The second kappa shape index (κ2) is 5.78. The van der Waals surface area contributed by atoms with Crippen LogP contribution in [-0.2, 0) is 0 Å². The van der Waals surface area contributed by atoms with Crippen LogP contribution in [0.5, 0.6) is 11.5 Å². The van der Waals surface area contributed by atoms with Gasteiger partial charge in [0.25, 0.3) is 0 Å². The Morgan fingerprint density at radius 3 is 1.42 bits per heavy atom. The molecule has 2 rings (SSSR count). The number of nitriles is 1. The molecule has 0 atom stereocenters. The molecule has 4 heteroatoms. The van der Waals surface area contributed by atoms with Gasteiger partial charge in [-0.25, -0.2) is 4.90 Å². The topological polar surface area (TPSA) is 45.5 Å². The summed E-state index contributed by atoms with van der Waals surface area (Å²) in [4.78, 5) is 1.54. The molecule has 0 spiro atoms. The van der Waals surface area contributed by atoms with Crippen LogP contribution in [0, 0.1) is 11.5 Å². The second-order valence-electron chi connectivity index (χ2n) is 3.83. The van der Waals surface area contributed by atoms with Gasteiger partial charge in [-0.3, -0.25) is 0 Å². The van der Waals surface area contributed by atoms with Crippen LogP contribution in [0.1, 0.15) is 0 Å². The number of nitrogens with zero attached hydrogens (tertiary/aromatic N) is 2. The molecule has 2 aromatic rings. The fourth-order valence-corrected chi connectivity index (χ4v) is 1.73. The zero-order chi connectivity index (χ0) is 13.7. The molecular formula is C15H14N2O2. The van der Waals surface area contributed by atoms with Gasteiger partial charge in [0.15, 0.2) is 6.19 Å². The zero-order valence-corrected chi connectivity index (χ0v) is 10.8. The minimum absolute atomic E-state index is 0.761. The molecule has 0 aromatic heterocycles. The van der Waals surface area contributed by atoms with Gasteiger partial charge in [-0.15, -0.1) is 0 Å². The molecule has 2 aromatic carbocycles. The lowest BCUT2D eigenvalue weighted by molar-refractivity contribution is 0.415. The van der Waals surface area contributed by atoms with Crippen molar-refractivity contribution >= 4 is 11.4 Å². The third-order valence-corrected chi connectivity index (χ3v) is 2.76. The van der Waals surface area contributed by atoms with Crippen molar-refractivity contribution in [1.29, 1.82) is 5.26 Å². The highest BCUT2D eigenvalue weighted by molar-refractivity contribution is 5.68. The number of benzene rings is 2. The Kier molecular flexibility index (Phi) is 3.89. The van der Waals surface area contributed by atoms with E-state index in [2.05, 4.69) is 6.19 Å². The van der Waals surface area contributed by atoms with Gasteiger partial charge in [-0.05, 0) is 48.5 Å². The Balaban J connectivity index is 2.30. The summed E-state index contributed by atoms with van der Waals surface area (Å²) in [6, 6.07) is 14.6. The molecule has 0 aliphatic carbocycles. The number of hydrogen-bond donors (Lipinski definition) is 0. The fraction of sp³-hybridized carbons (Fsp3) is 0.133. The van der Waals surface area contributed by atoms with Crippen molar-refractivity contribution < 1.29 is 9.47 Å². The van der Waals surface area contributed by atoms with E-state index < -0.39 is 0 Å². The summed E-state index contributed by atoms with van der Waals surface area (Å²) in [6.45, 7) is 0. The van der Waals surface area contributed by atoms with E-state index >= 15 is 0 Å². The van der Waals surface area contributed by atoms with E-state index in [-0.39, 0.29) is 0 Å². The van der Waals surface area contributed by atoms with Crippen LogP contribution in [-0.4, -0.2) is 14.2 Å². The SMILES string of the molecule is COc1ccc(N(C#N)c2ccc(OC)cc2)cc1. The van der Waals surface area contributed by atoms with E-state index in [1.807, 2.05) is 48.5 Å². The average Bonchev–Trinajstić information content (AvgIpc) is 2.49. The van der Waals surface area contributed by atoms with Crippen molar-refractivity contribution in [2.45, 2.75) is 0 Å². The Labute approximate surface area is 112 Å². The fourth-order valence-electron chi connectivity index (χ4n) is 1.73. The first-order valence-corrected chi connectivity index (χ1v) is 5.76. The Bertz CT molecular complexity index is 523. The van der Waals surface area contributed by atoms with E-state index in [1.165, 1.54) is 0 Å². The van der Waals surface area contributed by atoms with Gasteiger partial charge in [0, 0.05) is 0 Å². The van der Waals surface area contributed by atoms with E-state index in [0.29, 0.717) is 0 Å². The maximum atomic E-state index is 9.30. The first-order chi connectivity index (χ1) is 9.28. The van der Waals surface area contributed by atoms with Crippen LogP contribution in [0.3, 0.4) is 0 Å². The Hall–Kier alpha value is -2.67. The molecule has 0 fully saturated rings. The van der Waals surface area contributed by atoms with Gasteiger partial charge >= 0.3 is 0 Å². The zero-order valence-electron chi connectivity index (χ0n) is 10.8. The van der Waals surface area contributed by atoms with E-state index in [9.17, 15) is 5.26 Å². The van der Waals surface area contributed by atoms with Gasteiger partial charge in [0.2, 0.25) is 0 Å². The van der Waals surface area contributed by atoms with Crippen LogP contribution in [0.2, 0.25) is 0 Å². The largest absolute Gasteiger partial charge is 0.497 e. The lowest BCUT2D eigenvalue weighted by Crippen LogP contribution is -2.08. The highest BCUT2D eigenvalue weighted by Crippen LogP contribution is 2.27. The molecule has 19 heavy (non-hydrogen) atoms. The minimum atomic E-state index is 0.761. The summed E-state index contributed by atoms with van der Waals surface area (Å²) in [7, 11) is 3.22. The molecule has 0 saturated heterocycles. The molecule has 0 amide bonds. The monoisotopic (exact) mass is 254 g/mol. The van der Waals surface area contributed by atoms with E-state index in [0.717, 1.165) is 22.9 Å². The summed E-state index contributed by atoms with van der Waals surface area (Å²) in [5.74, 6) is 1.52. The van der Waals surface area contributed by atoms with Crippen LogP contribution in [0.25, 0.3) is 0 Å². The van der Waals surface area contributed by atoms with Crippen molar-refractivity contribution in [3.05, 3.63) is 48.5 Å². The van der Waals surface area contributed by atoms with Crippen LogP contribution in [0.15, 0.2) is 48.5 Å². The molecule has 0 radical (unpaired) electrons. The molecule has 0 saturated carbocycles. The summed E-state index contributed by atoms with van der Waals surface area (Å²) in [6.07, 6.45) is 2.16. The molecule has 0 bridgehead atoms. The van der Waals surface area contributed by atoms with E-state index in [4.69, 9.17) is 9.47 Å². The molecule has 4 nitrogen and oxygen atoms in total. The highest BCUT2D eigenvalue weighted by Gasteiger charge is 2.08. The molecule has 0 heterocycles. The first kappa shape index (κ1) is 12.8. The predicted octanol–water partition coefficient (Wildman–Crippen LogP) is 3.32. The lowest BCUT2D eigenvalue weighted by Gasteiger charge is -2.16. The lowest BCUT2D eigenvalue weighted by atomic mass is 10.2. The molecule has 0 N–H and O–H groups in total. The smallest absolute Gasteiger partial charge is 0.189 e. The normalized spacial score (nSPS) is 9.53. The van der Waals surface area contributed by atoms with Crippen LogP contribution in [0.4, 0.5) is 11.4 Å². The van der Waals surface area contributed by atoms with Crippen molar-refractivity contribution in [2.24, 2.45) is 0 Å². The number of methoxy groups -OCH3 is 2. The number of rotatable bonds is 4. The maximum Gasteiger partial charge on any atom is 0.189 e. The van der Waals surface area contributed by atoms with Gasteiger partial charge in [0.05, 0.1) is 25.6 Å². The van der Waals surface area contributed by atoms with Gasteiger partial charge < -0.3 is 9.47 Å². The van der Waals surface area contributed by atoms with Gasteiger partial charge in [-0.1, -0.05) is 0 Å². The molecule has 96 valence electrons. The quantitative estimate of drug-likeness (QED) is 0.620. The second-order valence-corrected chi connectivity index (χ2v) is 3.83. The van der Waals surface area contributed by atoms with Crippen LogP contribution >= 0.6 is 0 Å². The summed E-state index contributed by atoms with van der Waals surface area (Å²) in [5.41, 5.74) is 1.57. The summed E-state index contributed by atoms with van der Waals surface area (Å²) < 4.78 is 10.2. The summed E-state index contributed by atoms with van der Waals surface area (Å²) >= 11 is 0. The Morgan fingerprint density at radius 1 is 0.789 bits per heavy atom.